The fourth-order valence-electron chi connectivity index (χ4n) is 2.67. The van der Waals surface area contributed by atoms with E-state index in [0.29, 0.717) is 5.02 Å². The fraction of sp³-hybridized carbons (Fsp3) is 0.333. The van der Waals surface area contributed by atoms with Crippen molar-refractivity contribution in [2.24, 2.45) is 0 Å². The molecule has 112 valence electrons. The summed E-state index contributed by atoms with van der Waals surface area (Å²) >= 11 is 12.3. The second kappa shape index (κ2) is 7.31. The van der Waals surface area contributed by atoms with Gasteiger partial charge in [0.2, 0.25) is 0 Å². The normalized spacial score (nSPS) is 12.4. The maximum atomic E-state index is 6.31. The third kappa shape index (κ3) is 4.47. The van der Waals surface area contributed by atoms with Crippen molar-refractivity contribution in [1.29, 1.82) is 0 Å². The predicted molar refractivity (Wildman–Crippen MR) is 92.5 cm³/mol. The summed E-state index contributed by atoms with van der Waals surface area (Å²) in [6, 6.07) is 12.6. The van der Waals surface area contributed by atoms with E-state index in [9.17, 15) is 0 Å². The molecule has 3 heteroatoms. The van der Waals surface area contributed by atoms with Crippen molar-refractivity contribution in [3.8, 4) is 0 Å². The van der Waals surface area contributed by atoms with E-state index in [-0.39, 0.29) is 6.04 Å². The molecular formula is C18H21Cl2N. The minimum absolute atomic E-state index is 0.257. The van der Waals surface area contributed by atoms with Gasteiger partial charge in [-0.15, -0.1) is 0 Å². The van der Waals surface area contributed by atoms with E-state index in [1.54, 1.807) is 0 Å². The van der Waals surface area contributed by atoms with Gasteiger partial charge in [-0.25, -0.2) is 0 Å². The Morgan fingerprint density at radius 2 is 1.67 bits per heavy atom. The monoisotopic (exact) mass is 321 g/mol. The second-order valence-corrected chi connectivity index (χ2v) is 6.31. The standard InChI is InChI=1S/C18H21Cl2N/c1-4-21-18(15-8-12(2)7-13(3)9-15)10-14-5-6-16(19)11-17(14)20/h5-9,11,18,21H,4,10H2,1-3H3. The van der Waals surface area contributed by atoms with Crippen molar-refractivity contribution in [2.45, 2.75) is 33.2 Å². The summed E-state index contributed by atoms with van der Waals surface area (Å²) < 4.78 is 0. The van der Waals surface area contributed by atoms with Crippen LogP contribution in [0.2, 0.25) is 10.0 Å². The summed E-state index contributed by atoms with van der Waals surface area (Å²) in [6.45, 7) is 7.31. The molecule has 1 nitrogen and oxygen atoms in total. The molecule has 0 saturated carbocycles. The zero-order valence-electron chi connectivity index (χ0n) is 12.7. The Kier molecular flexibility index (Phi) is 5.69. The molecule has 0 aliphatic heterocycles. The first-order chi connectivity index (χ1) is 9.99. The van der Waals surface area contributed by atoms with Crippen LogP contribution in [0, 0.1) is 13.8 Å². The van der Waals surface area contributed by atoms with E-state index in [4.69, 9.17) is 23.2 Å². The molecule has 2 aromatic rings. The first-order valence-electron chi connectivity index (χ1n) is 7.25. The first kappa shape index (κ1) is 16.4. The number of hydrogen-bond donors (Lipinski definition) is 1. The molecule has 0 bridgehead atoms. The zero-order valence-corrected chi connectivity index (χ0v) is 14.2. The highest BCUT2D eigenvalue weighted by atomic mass is 35.5. The summed E-state index contributed by atoms with van der Waals surface area (Å²) in [7, 11) is 0. The molecular weight excluding hydrogens is 301 g/mol. The van der Waals surface area contributed by atoms with E-state index in [2.05, 4.69) is 44.3 Å². The molecule has 0 aliphatic carbocycles. The lowest BCUT2D eigenvalue weighted by atomic mass is 9.96. The minimum atomic E-state index is 0.257. The Morgan fingerprint density at radius 3 is 2.24 bits per heavy atom. The third-order valence-corrected chi connectivity index (χ3v) is 4.12. The number of rotatable bonds is 5. The van der Waals surface area contributed by atoms with Gasteiger partial charge in [0.15, 0.2) is 0 Å². The Morgan fingerprint density at radius 1 is 1.00 bits per heavy atom. The molecule has 0 aliphatic rings. The molecule has 1 atom stereocenters. The van der Waals surface area contributed by atoms with E-state index in [1.807, 2.05) is 18.2 Å². The van der Waals surface area contributed by atoms with Crippen LogP contribution in [0.15, 0.2) is 36.4 Å². The van der Waals surface area contributed by atoms with Crippen molar-refractivity contribution in [3.63, 3.8) is 0 Å². The number of nitrogens with one attached hydrogen (secondary N) is 1. The first-order valence-corrected chi connectivity index (χ1v) is 8.00. The van der Waals surface area contributed by atoms with Gasteiger partial charge in [-0.3, -0.25) is 0 Å². The summed E-state index contributed by atoms with van der Waals surface area (Å²) in [6.07, 6.45) is 0.854. The van der Waals surface area contributed by atoms with Crippen LogP contribution in [0.25, 0.3) is 0 Å². The van der Waals surface area contributed by atoms with Gasteiger partial charge in [0.05, 0.1) is 0 Å². The molecule has 0 spiro atoms. The minimum Gasteiger partial charge on any atom is -0.310 e. The Balaban J connectivity index is 2.30. The Labute approximate surface area is 137 Å². The molecule has 2 aromatic carbocycles. The highest BCUT2D eigenvalue weighted by Crippen LogP contribution is 2.27. The summed E-state index contributed by atoms with van der Waals surface area (Å²) in [4.78, 5) is 0. The van der Waals surface area contributed by atoms with Gasteiger partial charge < -0.3 is 5.32 Å². The maximum absolute atomic E-state index is 6.31. The lowest BCUT2D eigenvalue weighted by Gasteiger charge is -2.20. The van der Waals surface area contributed by atoms with Gasteiger partial charge in [-0.1, -0.05) is 65.5 Å². The van der Waals surface area contributed by atoms with Crippen LogP contribution in [0.1, 0.15) is 35.2 Å². The molecule has 1 N–H and O–H groups in total. The van der Waals surface area contributed by atoms with Crippen LogP contribution >= 0.6 is 23.2 Å². The third-order valence-electron chi connectivity index (χ3n) is 3.54. The van der Waals surface area contributed by atoms with Gasteiger partial charge in [0.1, 0.15) is 0 Å². The highest BCUT2D eigenvalue weighted by Gasteiger charge is 2.14. The van der Waals surface area contributed by atoms with Crippen LogP contribution in [-0.2, 0) is 6.42 Å². The molecule has 2 rings (SSSR count). The van der Waals surface area contributed by atoms with Crippen molar-refractivity contribution in [1.82, 2.24) is 5.32 Å². The molecule has 0 fully saturated rings. The van der Waals surface area contributed by atoms with E-state index in [1.165, 1.54) is 16.7 Å². The average Bonchev–Trinajstić information content (AvgIpc) is 2.40. The van der Waals surface area contributed by atoms with Crippen LogP contribution in [-0.4, -0.2) is 6.54 Å². The average molecular weight is 322 g/mol. The predicted octanol–water partition coefficient (Wildman–Crippen LogP) is 5.50. The SMILES string of the molecule is CCNC(Cc1ccc(Cl)cc1Cl)c1cc(C)cc(C)c1. The van der Waals surface area contributed by atoms with Crippen molar-refractivity contribution in [3.05, 3.63) is 68.7 Å². The highest BCUT2D eigenvalue weighted by molar-refractivity contribution is 6.35. The van der Waals surface area contributed by atoms with E-state index >= 15 is 0 Å². The number of hydrogen-bond acceptors (Lipinski definition) is 1. The van der Waals surface area contributed by atoms with E-state index < -0.39 is 0 Å². The molecule has 0 radical (unpaired) electrons. The number of aryl methyl sites for hydroxylation is 2. The molecule has 0 aromatic heterocycles. The quantitative estimate of drug-likeness (QED) is 0.766. The van der Waals surface area contributed by atoms with Gasteiger partial charge in [0, 0.05) is 16.1 Å². The summed E-state index contributed by atoms with van der Waals surface area (Å²) in [5, 5.41) is 4.96. The smallest absolute Gasteiger partial charge is 0.0453 e. The van der Waals surface area contributed by atoms with Crippen molar-refractivity contribution in [2.75, 3.05) is 6.54 Å². The summed E-state index contributed by atoms with van der Waals surface area (Å²) in [5.41, 5.74) is 5.00. The lowest BCUT2D eigenvalue weighted by molar-refractivity contribution is 0.549. The van der Waals surface area contributed by atoms with Crippen molar-refractivity contribution >= 4 is 23.2 Å². The fourth-order valence-corrected chi connectivity index (χ4v) is 3.16. The Hall–Kier alpha value is -1.02. The zero-order chi connectivity index (χ0) is 15.4. The van der Waals surface area contributed by atoms with Gasteiger partial charge in [-0.05, 0) is 50.1 Å². The molecule has 0 saturated heterocycles. The molecule has 21 heavy (non-hydrogen) atoms. The second-order valence-electron chi connectivity index (χ2n) is 5.47. The van der Waals surface area contributed by atoms with Crippen molar-refractivity contribution < 1.29 is 0 Å². The van der Waals surface area contributed by atoms with Crippen LogP contribution in [0.5, 0.6) is 0 Å². The van der Waals surface area contributed by atoms with Gasteiger partial charge in [-0.2, -0.15) is 0 Å². The maximum Gasteiger partial charge on any atom is 0.0453 e. The molecule has 0 amide bonds. The largest absolute Gasteiger partial charge is 0.310 e. The number of halogens is 2. The van der Waals surface area contributed by atoms with Crippen LogP contribution in [0.3, 0.4) is 0 Å². The van der Waals surface area contributed by atoms with Gasteiger partial charge in [0.25, 0.3) is 0 Å². The number of likely N-dealkylation sites (N-methyl/N-ethyl adjacent to an activating group) is 1. The number of benzene rings is 2. The van der Waals surface area contributed by atoms with Gasteiger partial charge >= 0.3 is 0 Å². The topological polar surface area (TPSA) is 12.0 Å². The summed E-state index contributed by atoms with van der Waals surface area (Å²) in [5.74, 6) is 0. The van der Waals surface area contributed by atoms with E-state index in [0.717, 1.165) is 23.6 Å². The van der Waals surface area contributed by atoms with Crippen LogP contribution < -0.4 is 5.32 Å². The molecule has 0 heterocycles. The molecule has 1 unspecified atom stereocenters. The lowest BCUT2D eigenvalue weighted by Crippen LogP contribution is -2.23. The Bertz CT molecular complexity index is 602. The van der Waals surface area contributed by atoms with Crippen LogP contribution in [0.4, 0.5) is 0 Å².